The van der Waals surface area contributed by atoms with E-state index in [1.54, 1.807) is 18.5 Å². The molecule has 3 N–H and O–H groups in total. The van der Waals surface area contributed by atoms with Crippen molar-refractivity contribution in [3.8, 4) is 22.5 Å². The van der Waals surface area contributed by atoms with E-state index in [-0.39, 0.29) is 5.56 Å². The second kappa shape index (κ2) is 7.32. The van der Waals surface area contributed by atoms with Crippen molar-refractivity contribution in [2.75, 3.05) is 18.5 Å². The van der Waals surface area contributed by atoms with Gasteiger partial charge in [0.15, 0.2) is 5.82 Å². The minimum absolute atomic E-state index is 0.180. The number of nitrogens with zero attached hydrogens (tertiary/aromatic N) is 4. The fourth-order valence-electron chi connectivity index (χ4n) is 3.55. The SMILES string of the molecule is C[C@@H]1C[C@H](N(C)c2ccc(-c3ccc(-c4cn[nH]c4)c(=O)[nH]3)nn2)CCN1. The van der Waals surface area contributed by atoms with Gasteiger partial charge in [0, 0.05) is 30.9 Å². The Morgan fingerprint density at radius 3 is 2.74 bits per heavy atom. The molecule has 27 heavy (non-hydrogen) atoms. The topological polar surface area (TPSA) is 103 Å². The Balaban J connectivity index is 1.54. The number of hydrogen-bond acceptors (Lipinski definition) is 6. The molecular weight excluding hydrogens is 342 g/mol. The van der Waals surface area contributed by atoms with E-state index in [0.29, 0.717) is 29.0 Å². The number of rotatable bonds is 4. The lowest BCUT2D eigenvalue weighted by Crippen LogP contribution is -2.45. The number of pyridine rings is 1. The molecule has 1 aliphatic rings. The van der Waals surface area contributed by atoms with Gasteiger partial charge in [-0.05, 0) is 50.6 Å². The minimum atomic E-state index is -0.180. The summed E-state index contributed by atoms with van der Waals surface area (Å²) in [5.74, 6) is 0.843. The van der Waals surface area contributed by atoms with Crippen molar-refractivity contribution in [2.45, 2.75) is 31.8 Å². The molecule has 0 spiro atoms. The quantitative estimate of drug-likeness (QED) is 0.651. The Bertz CT molecular complexity index is 949. The van der Waals surface area contributed by atoms with Gasteiger partial charge in [0.1, 0.15) is 5.69 Å². The highest BCUT2D eigenvalue weighted by molar-refractivity contribution is 5.64. The Kier molecular flexibility index (Phi) is 4.72. The van der Waals surface area contributed by atoms with Crippen LogP contribution in [0.5, 0.6) is 0 Å². The normalized spacial score (nSPS) is 19.8. The number of H-pyrrole nitrogens is 2. The Labute approximate surface area is 157 Å². The van der Waals surface area contributed by atoms with E-state index < -0.39 is 0 Å². The first-order valence-corrected chi connectivity index (χ1v) is 9.14. The molecule has 1 fully saturated rings. The molecule has 0 bridgehead atoms. The summed E-state index contributed by atoms with van der Waals surface area (Å²) in [5.41, 5.74) is 2.42. The molecule has 0 amide bonds. The van der Waals surface area contributed by atoms with Gasteiger partial charge < -0.3 is 15.2 Å². The zero-order valence-electron chi connectivity index (χ0n) is 15.4. The molecule has 1 aliphatic heterocycles. The van der Waals surface area contributed by atoms with Crippen LogP contribution >= 0.6 is 0 Å². The third-order valence-electron chi connectivity index (χ3n) is 5.15. The maximum Gasteiger partial charge on any atom is 0.256 e. The maximum absolute atomic E-state index is 12.4. The number of nitrogens with one attached hydrogen (secondary N) is 3. The monoisotopic (exact) mass is 365 g/mol. The van der Waals surface area contributed by atoms with Gasteiger partial charge in [-0.2, -0.15) is 5.10 Å². The average Bonchev–Trinajstić information content (AvgIpc) is 3.22. The van der Waals surface area contributed by atoms with Gasteiger partial charge in [-0.25, -0.2) is 0 Å². The first-order chi connectivity index (χ1) is 13.1. The van der Waals surface area contributed by atoms with Crippen LogP contribution in [0, 0.1) is 0 Å². The van der Waals surface area contributed by atoms with Crippen LogP contribution in [-0.4, -0.2) is 51.1 Å². The summed E-state index contributed by atoms with van der Waals surface area (Å²) in [6.45, 7) is 3.23. The molecule has 3 aromatic heterocycles. The standard InChI is InChI=1S/C19H23N7O/c1-12-9-14(7-8-20-12)26(2)18-6-5-17(24-25-18)16-4-3-15(19(27)23-16)13-10-21-22-11-13/h3-6,10-12,14,20H,7-9H2,1-2H3,(H,21,22)(H,23,27)/t12-,14-/m1/s1. The van der Waals surface area contributed by atoms with Gasteiger partial charge in [-0.1, -0.05) is 0 Å². The minimum Gasteiger partial charge on any atom is -0.355 e. The molecule has 8 heteroatoms. The van der Waals surface area contributed by atoms with E-state index in [1.807, 2.05) is 18.2 Å². The summed E-state index contributed by atoms with van der Waals surface area (Å²) < 4.78 is 0. The summed E-state index contributed by atoms with van der Waals surface area (Å²) in [6, 6.07) is 8.43. The molecule has 4 heterocycles. The third kappa shape index (κ3) is 3.61. The molecular formula is C19H23N7O. The number of piperidine rings is 1. The van der Waals surface area contributed by atoms with Crippen LogP contribution < -0.4 is 15.8 Å². The third-order valence-corrected chi connectivity index (χ3v) is 5.15. The predicted octanol–water partition coefficient (Wildman–Crippen LogP) is 1.80. The van der Waals surface area contributed by atoms with Crippen molar-refractivity contribution in [2.24, 2.45) is 0 Å². The molecule has 8 nitrogen and oxygen atoms in total. The van der Waals surface area contributed by atoms with E-state index in [9.17, 15) is 4.79 Å². The maximum atomic E-state index is 12.4. The molecule has 2 atom stereocenters. The molecule has 0 unspecified atom stereocenters. The average molecular weight is 365 g/mol. The lowest BCUT2D eigenvalue weighted by molar-refractivity contribution is 0.370. The van der Waals surface area contributed by atoms with E-state index in [2.05, 4.69) is 49.6 Å². The zero-order chi connectivity index (χ0) is 18.8. The fourth-order valence-corrected chi connectivity index (χ4v) is 3.55. The Morgan fingerprint density at radius 1 is 1.19 bits per heavy atom. The number of aromatic nitrogens is 5. The highest BCUT2D eigenvalue weighted by Gasteiger charge is 2.23. The summed E-state index contributed by atoms with van der Waals surface area (Å²) in [6.07, 6.45) is 5.49. The molecule has 1 saturated heterocycles. The first kappa shape index (κ1) is 17.4. The fraction of sp³-hybridized carbons (Fsp3) is 0.368. The highest BCUT2D eigenvalue weighted by Crippen LogP contribution is 2.22. The van der Waals surface area contributed by atoms with Crippen molar-refractivity contribution in [3.63, 3.8) is 0 Å². The van der Waals surface area contributed by atoms with Gasteiger partial charge in [0.05, 0.1) is 17.5 Å². The van der Waals surface area contributed by atoms with Crippen LogP contribution in [0.1, 0.15) is 19.8 Å². The smallest absolute Gasteiger partial charge is 0.256 e. The van der Waals surface area contributed by atoms with Gasteiger partial charge in [0.25, 0.3) is 5.56 Å². The van der Waals surface area contributed by atoms with Gasteiger partial charge in [-0.3, -0.25) is 9.89 Å². The van der Waals surface area contributed by atoms with E-state index in [4.69, 9.17) is 0 Å². The van der Waals surface area contributed by atoms with Crippen LogP contribution in [0.15, 0.2) is 41.5 Å². The lowest BCUT2D eigenvalue weighted by Gasteiger charge is -2.35. The van der Waals surface area contributed by atoms with Crippen molar-refractivity contribution in [3.05, 3.63) is 47.0 Å². The van der Waals surface area contributed by atoms with Crippen molar-refractivity contribution in [1.29, 1.82) is 0 Å². The molecule has 4 rings (SSSR count). The molecule has 3 aromatic rings. The highest BCUT2D eigenvalue weighted by atomic mass is 16.1. The predicted molar refractivity (Wildman–Crippen MR) is 105 cm³/mol. The Hall–Kier alpha value is -3.00. The van der Waals surface area contributed by atoms with E-state index in [1.165, 1.54) is 0 Å². The first-order valence-electron chi connectivity index (χ1n) is 9.14. The van der Waals surface area contributed by atoms with Crippen LogP contribution in [0.2, 0.25) is 0 Å². The summed E-state index contributed by atoms with van der Waals surface area (Å²) in [5, 5.41) is 18.8. The van der Waals surface area contributed by atoms with Crippen LogP contribution in [-0.2, 0) is 0 Å². The van der Waals surface area contributed by atoms with Crippen LogP contribution in [0.25, 0.3) is 22.5 Å². The van der Waals surface area contributed by atoms with Crippen LogP contribution in [0.4, 0.5) is 5.82 Å². The molecule has 0 aromatic carbocycles. The largest absolute Gasteiger partial charge is 0.355 e. The zero-order valence-corrected chi connectivity index (χ0v) is 15.4. The number of hydrogen-bond donors (Lipinski definition) is 3. The van der Waals surface area contributed by atoms with Crippen LogP contribution in [0.3, 0.4) is 0 Å². The summed E-state index contributed by atoms with van der Waals surface area (Å²) >= 11 is 0. The van der Waals surface area contributed by atoms with E-state index >= 15 is 0 Å². The van der Waals surface area contributed by atoms with Crippen molar-refractivity contribution >= 4 is 5.82 Å². The van der Waals surface area contributed by atoms with Gasteiger partial charge in [0.2, 0.25) is 0 Å². The second-order valence-electron chi connectivity index (χ2n) is 7.02. The molecule has 0 aliphatic carbocycles. The second-order valence-corrected chi connectivity index (χ2v) is 7.02. The van der Waals surface area contributed by atoms with Crippen molar-refractivity contribution in [1.82, 2.24) is 30.7 Å². The Morgan fingerprint density at radius 2 is 2.07 bits per heavy atom. The summed E-state index contributed by atoms with van der Waals surface area (Å²) in [7, 11) is 2.06. The number of anilines is 1. The van der Waals surface area contributed by atoms with Crippen molar-refractivity contribution < 1.29 is 0 Å². The summed E-state index contributed by atoms with van der Waals surface area (Å²) in [4.78, 5) is 17.4. The van der Waals surface area contributed by atoms with E-state index in [0.717, 1.165) is 30.8 Å². The molecule has 0 saturated carbocycles. The molecule has 140 valence electrons. The van der Waals surface area contributed by atoms with Gasteiger partial charge >= 0.3 is 0 Å². The lowest BCUT2D eigenvalue weighted by atomic mass is 9.99. The van der Waals surface area contributed by atoms with Gasteiger partial charge in [-0.15, -0.1) is 10.2 Å². The molecule has 0 radical (unpaired) electrons. The number of aromatic amines is 2.